The maximum Gasteiger partial charge on any atom is 0.252 e. The summed E-state index contributed by atoms with van der Waals surface area (Å²) in [5.41, 5.74) is 0. The summed E-state index contributed by atoms with van der Waals surface area (Å²) in [6.07, 6.45) is 0. The SMILES string of the molecule is O=S(=O)(c1ccc(Br)s1)N1CCN(Cc2sccc2Br)CC1. The number of piperazine rings is 1. The Morgan fingerprint density at radius 1 is 1.09 bits per heavy atom. The number of rotatable bonds is 4. The van der Waals surface area contributed by atoms with E-state index in [2.05, 4.69) is 48.2 Å². The number of nitrogens with zero attached hydrogens (tertiary/aromatic N) is 2. The monoisotopic (exact) mass is 484 g/mol. The Morgan fingerprint density at radius 3 is 2.36 bits per heavy atom. The van der Waals surface area contributed by atoms with Crippen molar-refractivity contribution < 1.29 is 8.42 Å². The first kappa shape index (κ1) is 17.1. The number of halogens is 2. The van der Waals surface area contributed by atoms with Crippen LogP contribution in [0.5, 0.6) is 0 Å². The van der Waals surface area contributed by atoms with Crippen LogP contribution in [0.3, 0.4) is 0 Å². The predicted octanol–water partition coefficient (Wildman–Crippen LogP) is 3.84. The molecular formula is C13H14Br2N2O2S3. The topological polar surface area (TPSA) is 40.6 Å². The first-order valence-corrected chi connectivity index (χ1v) is 11.4. The Bertz CT molecular complexity index is 749. The number of sulfonamides is 1. The van der Waals surface area contributed by atoms with Crippen LogP contribution >= 0.6 is 54.5 Å². The summed E-state index contributed by atoms with van der Waals surface area (Å²) in [7, 11) is -3.35. The van der Waals surface area contributed by atoms with Crippen LogP contribution in [-0.4, -0.2) is 43.8 Å². The molecule has 2 aromatic heterocycles. The molecule has 22 heavy (non-hydrogen) atoms. The van der Waals surface area contributed by atoms with Crippen molar-refractivity contribution >= 4 is 64.6 Å². The first-order chi connectivity index (χ1) is 10.5. The largest absolute Gasteiger partial charge is 0.296 e. The van der Waals surface area contributed by atoms with Gasteiger partial charge in [-0.1, -0.05) is 0 Å². The molecule has 1 aliphatic heterocycles. The third kappa shape index (κ3) is 3.66. The Labute approximate surface area is 155 Å². The maximum absolute atomic E-state index is 12.6. The normalized spacial score (nSPS) is 17.9. The highest BCUT2D eigenvalue weighted by Gasteiger charge is 2.29. The van der Waals surface area contributed by atoms with Crippen LogP contribution in [0, 0.1) is 0 Å². The van der Waals surface area contributed by atoms with Gasteiger partial charge < -0.3 is 0 Å². The van der Waals surface area contributed by atoms with Crippen LogP contribution in [0.2, 0.25) is 0 Å². The lowest BCUT2D eigenvalue weighted by Crippen LogP contribution is -2.47. The van der Waals surface area contributed by atoms with Crippen molar-refractivity contribution in [1.29, 1.82) is 0 Å². The van der Waals surface area contributed by atoms with Gasteiger partial charge in [0.2, 0.25) is 0 Å². The van der Waals surface area contributed by atoms with E-state index >= 15 is 0 Å². The summed E-state index contributed by atoms with van der Waals surface area (Å²) in [6.45, 7) is 3.48. The van der Waals surface area contributed by atoms with Gasteiger partial charge in [-0.15, -0.1) is 22.7 Å². The first-order valence-electron chi connectivity index (χ1n) is 6.66. The molecule has 1 saturated heterocycles. The molecule has 9 heteroatoms. The minimum atomic E-state index is -3.35. The molecule has 3 heterocycles. The standard InChI is InChI=1S/C13H14Br2N2O2S3/c14-10-3-8-20-11(10)9-16-4-6-17(7-5-16)22(18,19)13-2-1-12(15)21-13/h1-3,8H,4-7,9H2. The second kappa shape index (κ2) is 7.00. The Balaban J connectivity index is 1.63. The van der Waals surface area contributed by atoms with E-state index in [1.807, 2.05) is 0 Å². The van der Waals surface area contributed by atoms with Gasteiger partial charge in [-0.3, -0.25) is 4.90 Å². The second-order valence-corrected chi connectivity index (χ2v) is 11.4. The number of hydrogen-bond donors (Lipinski definition) is 0. The minimum Gasteiger partial charge on any atom is -0.296 e. The smallest absolute Gasteiger partial charge is 0.252 e. The highest BCUT2D eigenvalue weighted by Crippen LogP contribution is 2.29. The number of thiophene rings is 2. The van der Waals surface area contributed by atoms with Crippen molar-refractivity contribution in [2.45, 2.75) is 10.8 Å². The highest BCUT2D eigenvalue weighted by molar-refractivity contribution is 9.11. The summed E-state index contributed by atoms with van der Waals surface area (Å²) in [5, 5.41) is 2.06. The van der Waals surface area contributed by atoms with Gasteiger partial charge in [-0.05, 0) is 55.4 Å². The Hall–Kier alpha value is 0.230. The van der Waals surface area contributed by atoms with Gasteiger partial charge in [0.1, 0.15) is 4.21 Å². The average Bonchev–Trinajstić information content (AvgIpc) is 3.09. The van der Waals surface area contributed by atoms with Gasteiger partial charge in [-0.2, -0.15) is 4.31 Å². The molecule has 0 amide bonds. The van der Waals surface area contributed by atoms with E-state index in [1.54, 1.807) is 27.8 Å². The summed E-state index contributed by atoms with van der Waals surface area (Å²) >= 11 is 9.86. The Kier molecular flexibility index (Phi) is 5.43. The van der Waals surface area contributed by atoms with E-state index in [9.17, 15) is 8.42 Å². The van der Waals surface area contributed by atoms with Crippen molar-refractivity contribution in [3.63, 3.8) is 0 Å². The van der Waals surface area contributed by atoms with Crippen LogP contribution in [0.4, 0.5) is 0 Å². The number of hydrogen-bond acceptors (Lipinski definition) is 5. The van der Waals surface area contributed by atoms with Crippen molar-refractivity contribution in [3.8, 4) is 0 Å². The molecule has 0 saturated carbocycles. The lowest BCUT2D eigenvalue weighted by atomic mass is 10.3. The highest BCUT2D eigenvalue weighted by atomic mass is 79.9. The lowest BCUT2D eigenvalue weighted by Gasteiger charge is -2.33. The van der Waals surface area contributed by atoms with Gasteiger partial charge in [0.15, 0.2) is 0 Å². The molecule has 0 spiro atoms. The molecule has 0 aromatic carbocycles. The molecule has 0 unspecified atom stereocenters. The van der Waals surface area contributed by atoms with Crippen molar-refractivity contribution in [1.82, 2.24) is 9.21 Å². The third-order valence-electron chi connectivity index (χ3n) is 3.53. The molecular weight excluding hydrogens is 472 g/mol. The minimum absolute atomic E-state index is 0.411. The quantitative estimate of drug-likeness (QED) is 0.660. The van der Waals surface area contributed by atoms with E-state index < -0.39 is 10.0 Å². The van der Waals surface area contributed by atoms with Gasteiger partial charge in [0, 0.05) is 42.1 Å². The molecule has 2 aromatic rings. The molecule has 0 aliphatic carbocycles. The zero-order valence-corrected chi connectivity index (χ0v) is 17.2. The molecule has 0 N–H and O–H groups in total. The summed E-state index contributed by atoms with van der Waals surface area (Å²) in [6, 6.07) is 5.50. The van der Waals surface area contributed by atoms with Crippen LogP contribution in [0.25, 0.3) is 0 Å². The zero-order chi connectivity index (χ0) is 15.7. The maximum atomic E-state index is 12.6. The third-order valence-corrected chi connectivity index (χ3v) is 9.43. The average molecular weight is 486 g/mol. The molecule has 1 fully saturated rings. The molecule has 0 atom stereocenters. The predicted molar refractivity (Wildman–Crippen MR) is 98.1 cm³/mol. The van der Waals surface area contributed by atoms with Crippen LogP contribution in [0.15, 0.2) is 36.0 Å². The molecule has 4 nitrogen and oxygen atoms in total. The van der Waals surface area contributed by atoms with E-state index in [0.717, 1.165) is 27.9 Å². The Morgan fingerprint density at radius 2 is 1.82 bits per heavy atom. The van der Waals surface area contributed by atoms with Crippen LogP contribution in [0.1, 0.15) is 4.88 Å². The van der Waals surface area contributed by atoms with E-state index in [1.165, 1.54) is 16.2 Å². The van der Waals surface area contributed by atoms with Gasteiger partial charge in [0.05, 0.1) is 3.79 Å². The van der Waals surface area contributed by atoms with Crippen LogP contribution in [-0.2, 0) is 16.6 Å². The second-order valence-electron chi connectivity index (χ2n) is 4.93. The summed E-state index contributed by atoms with van der Waals surface area (Å²) < 4.78 is 29.1. The molecule has 1 aliphatic rings. The molecule has 0 radical (unpaired) electrons. The molecule has 120 valence electrons. The van der Waals surface area contributed by atoms with E-state index in [0.29, 0.717) is 17.3 Å². The fourth-order valence-corrected chi connectivity index (χ4v) is 7.44. The van der Waals surface area contributed by atoms with Crippen molar-refractivity contribution in [2.24, 2.45) is 0 Å². The van der Waals surface area contributed by atoms with Gasteiger partial charge >= 0.3 is 0 Å². The van der Waals surface area contributed by atoms with Gasteiger partial charge in [0.25, 0.3) is 10.0 Å². The fraction of sp³-hybridized carbons (Fsp3) is 0.385. The van der Waals surface area contributed by atoms with E-state index in [-0.39, 0.29) is 0 Å². The fourth-order valence-electron chi connectivity index (χ4n) is 2.33. The molecule has 3 rings (SSSR count). The lowest BCUT2D eigenvalue weighted by molar-refractivity contribution is 0.183. The molecule has 0 bridgehead atoms. The van der Waals surface area contributed by atoms with Crippen LogP contribution < -0.4 is 0 Å². The van der Waals surface area contributed by atoms with Crippen molar-refractivity contribution in [3.05, 3.63) is 36.7 Å². The summed E-state index contributed by atoms with van der Waals surface area (Å²) in [5.74, 6) is 0. The van der Waals surface area contributed by atoms with Crippen molar-refractivity contribution in [2.75, 3.05) is 26.2 Å². The van der Waals surface area contributed by atoms with Gasteiger partial charge in [-0.25, -0.2) is 8.42 Å². The summed E-state index contributed by atoms with van der Waals surface area (Å²) in [4.78, 5) is 3.59. The van der Waals surface area contributed by atoms with E-state index in [4.69, 9.17) is 0 Å². The zero-order valence-electron chi connectivity index (χ0n) is 11.5.